The largest absolute Gasteiger partial charge is 0.493 e. The first-order valence-corrected chi connectivity index (χ1v) is 8.30. The van der Waals surface area contributed by atoms with Crippen molar-refractivity contribution in [3.8, 4) is 17.2 Å². The smallest absolute Gasteiger partial charge is 0.331 e. The minimum atomic E-state index is -0.752. The summed E-state index contributed by atoms with van der Waals surface area (Å²) in [5, 5.41) is 0. The first kappa shape index (κ1) is 18.7. The molecule has 1 fully saturated rings. The van der Waals surface area contributed by atoms with Crippen LogP contribution >= 0.6 is 0 Å². The fraction of sp³-hybridized carbons (Fsp3) is 0.444. The molecule has 0 radical (unpaired) electrons. The molecule has 9 nitrogen and oxygen atoms in total. The molecular formula is C18H21N3O6. The number of hydrogen-bond donors (Lipinski definition) is 0. The Hall–Kier alpha value is -3.10. The zero-order chi connectivity index (χ0) is 19.9. The molecule has 0 spiro atoms. The topological polar surface area (TPSA) is 97.7 Å². The third kappa shape index (κ3) is 2.88. The van der Waals surface area contributed by atoms with Crippen molar-refractivity contribution in [1.29, 1.82) is 0 Å². The second-order valence-electron chi connectivity index (χ2n) is 6.35. The number of amides is 4. The monoisotopic (exact) mass is 375 g/mol. The van der Waals surface area contributed by atoms with Crippen molar-refractivity contribution < 1.29 is 28.6 Å². The van der Waals surface area contributed by atoms with Gasteiger partial charge in [0.25, 0.3) is 0 Å². The van der Waals surface area contributed by atoms with Crippen molar-refractivity contribution in [3.05, 3.63) is 17.7 Å². The molecule has 0 aliphatic carbocycles. The Morgan fingerprint density at radius 3 is 2.07 bits per heavy atom. The summed E-state index contributed by atoms with van der Waals surface area (Å²) in [7, 11) is 7.40. The molecule has 1 saturated heterocycles. The van der Waals surface area contributed by atoms with Crippen LogP contribution in [0.15, 0.2) is 17.1 Å². The van der Waals surface area contributed by atoms with Gasteiger partial charge in [0.2, 0.25) is 17.6 Å². The van der Waals surface area contributed by atoms with Crippen LogP contribution in [0.2, 0.25) is 0 Å². The predicted octanol–water partition coefficient (Wildman–Crippen LogP) is 1.26. The van der Waals surface area contributed by atoms with Gasteiger partial charge in [-0.05, 0) is 17.7 Å². The van der Waals surface area contributed by atoms with Crippen molar-refractivity contribution in [2.24, 2.45) is 10.9 Å². The van der Waals surface area contributed by atoms with E-state index in [0.29, 0.717) is 22.8 Å². The van der Waals surface area contributed by atoms with Crippen LogP contribution in [0.3, 0.4) is 0 Å². The van der Waals surface area contributed by atoms with E-state index in [4.69, 9.17) is 14.2 Å². The van der Waals surface area contributed by atoms with Crippen molar-refractivity contribution in [3.63, 3.8) is 0 Å². The van der Waals surface area contributed by atoms with Gasteiger partial charge in [-0.2, -0.15) is 4.99 Å². The van der Waals surface area contributed by atoms with Crippen LogP contribution in [0.4, 0.5) is 4.79 Å². The molecule has 9 heteroatoms. The van der Waals surface area contributed by atoms with Gasteiger partial charge in [-0.15, -0.1) is 0 Å². The van der Waals surface area contributed by atoms with Crippen LogP contribution in [0.5, 0.6) is 17.2 Å². The summed E-state index contributed by atoms with van der Waals surface area (Å²) in [6, 6.07) is 2.91. The second-order valence-corrected chi connectivity index (χ2v) is 6.35. The number of hydrogen-bond acceptors (Lipinski definition) is 6. The van der Waals surface area contributed by atoms with Crippen LogP contribution in [0.25, 0.3) is 0 Å². The summed E-state index contributed by atoms with van der Waals surface area (Å²) < 4.78 is 16.1. The van der Waals surface area contributed by atoms with Crippen LogP contribution in [-0.2, 0) is 9.59 Å². The maximum Gasteiger partial charge on any atom is 0.331 e. The third-order valence-corrected chi connectivity index (χ3v) is 4.94. The van der Waals surface area contributed by atoms with Crippen molar-refractivity contribution in [2.45, 2.75) is 12.3 Å². The fourth-order valence-electron chi connectivity index (χ4n) is 3.55. The molecule has 2 atom stereocenters. The molecule has 0 bridgehead atoms. The molecule has 0 aromatic heterocycles. The van der Waals surface area contributed by atoms with Gasteiger partial charge in [-0.3, -0.25) is 19.4 Å². The summed E-state index contributed by atoms with van der Waals surface area (Å²) in [5.41, 5.74) is 0.666. The van der Waals surface area contributed by atoms with E-state index in [1.165, 1.54) is 40.3 Å². The number of benzene rings is 1. The molecular weight excluding hydrogens is 354 g/mol. The van der Waals surface area contributed by atoms with Crippen molar-refractivity contribution >= 4 is 23.7 Å². The van der Waals surface area contributed by atoms with E-state index in [-0.39, 0.29) is 12.3 Å². The molecule has 2 aliphatic rings. The van der Waals surface area contributed by atoms with Crippen LogP contribution in [0, 0.1) is 5.92 Å². The van der Waals surface area contributed by atoms with E-state index in [1.807, 2.05) is 0 Å². The molecule has 27 heavy (non-hydrogen) atoms. The average molecular weight is 375 g/mol. The van der Waals surface area contributed by atoms with Crippen LogP contribution < -0.4 is 14.2 Å². The number of imide groups is 1. The zero-order valence-electron chi connectivity index (χ0n) is 15.8. The lowest BCUT2D eigenvalue weighted by Crippen LogP contribution is -2.59. The Labute approximate surface area is 156 Å². The maximum absolute atomic E-state index is 12.8. The number of amidine groups is 1. The quantitative estimate of drug-likeness (QED) is 0.786. The highest BCUT2D eigenvalue weighted by molar-refractivity contribution is 6.21. The van der Waals surface area contributed by atoms with Crippen molar-refractivity contribution in [2.75, 3.05) is 35.4 Å². The molecule has 2 unspecified atom stereocenters. The van der Waals surface area contributed by atoms with Crippen molar-refractivity contribution in [1.82, 2.24) is 9.80 Å². The molecule has 1 aromatic rings. The standard InChI is InChI=1S/C18H21N3O6/c1-20-16-14(17(23)21(2)18(20)24)10(8-13(22)19-16)9-6-11(25-3)15(27-5)12(7-9)26-4/h6-7,10,14H,8H2,1-5H3. The number of methoxy groups -OCH3 is 3. The number of ether oxygens (including phenoxy) is 3. The highest BCUT2D eigenvalue weighted by atomic mass is 16.5. The summed E-state index contributed by atoms with van der Waals surface area (Å²) in [5.74, 6) is -0.631. The Morgan fingerprint density at radius 1 is 0.963 bits per heavy atom. The molecule has 0 saturated carbocycles. The molecule has 3 rings (SSSR count). The molecule has 0 N–H and O–H groups in total. The second kappa shape index (κ2) is 6.90. The van der Waals surface area contributed by atoms with Gasteiger partial charge >= 0.3 is 6.03 Å². The lowest BCUT2D eigenvalue weighted by Gasteiger charge is -2.40. The Bertz CT molecular complexity index is 824. The van der Waals surface area contributed by atoms with Gasteiger partial charge < -0.3 is 14.2 Å². The summed E-state index contributed by atoms with van der Waals surface area (Å²) >= 11 is 0. The molecule has 2 aliphatic heterocycles. The van der Waals surface area contributed by atoms with Crippen LogP contribution in [0.1, 0.15) is 17.9 Å². The summed E-state index contributed by atoms with van der Waals surface area (Å²) in [4.78, 5) is 43.5. The number of rotatable bonds is 4. The number of carbonyl (C=O) groups is 3. The van der Waals surface area contributed by atoms with Gasteiger partial charge in [-0.25, -0.2) is 4.79 Å². The normalized spacial score (nSPS) is 22.4. The number of nitrogens with zero attached hydrogens (tertiary/aromatic N) is 3. The van der Waals surface area contributed by atoms with E-state index < -0.39 is 29.7 Å². The molecule has 2 heterocycles. The summed E-state index contributed by atoms with van der Waals surface area (Å²) in [6.45, 7) is 0. The van der Waals surface area contributed by atoms with E-state index in [0.717, 1.165) is 4.90 Å². The lowest BCUT2D eigenvalue weighted by atomic mass is 9.78. The predicted molar refractivity (Wildman–Crippen MR) is 95.3 cm³/mol. The van der Waals surface area contributed by atoms with Gasteiger partial charge in [0.05, 0.1) is 21.3 Å². The number of carbonyl (C=O) groups excluding carboxylic acids is 3. The van der Waals surface area contributed by atoms with E-state index in [9.17, 15) is 14.4 Å². The Morgan fingerprint density at radius 2 is 1.56 bits per heavy atom. The maximum atomic E-state index is 12.8. The molecule has 1 aromatic carbocycles. The highest BCUT2D eigenvalue weighted by Crippen LogP contribution is 2.44. The number of urea groups is 1. The SMILES string of the molecule is COc1cc(C2CC(=O)N=C3C2C(=O)N(C)C(=O)N3C)cc(OC)c1OC. The average Bonchev–Trinajstić information content (AvgIpc) is 2.68. The third-order valence-electron chi connectivity index (χ3n) is 4.94. The minimum Gasteiger partial charge on any atom is -0.493 e. The van der Waals surface area contributed by atoms with E-state index >= 15 is 0 Å². The van der Waals surface area contributed by atoms with Gasteiger partial charge in [0.1, 0.15) is 11.8 Å². The minimum absolute atomic E-state index is 0.0361. The van der Waals surface area contributed by atoms with Gasteiger partial charge in [0.15, 0.2) is 11.5 Å². The number of fused-ring (bicyclic) bond motifs is 1. The van der Waals surface area contributed by atoms with Gasteiger partial charge in [0, 0.05) is 26.4 Å². The lowest BCUT2D eigenvalue weighted by molar-refractivity contribution is -0.132. The first-order valence-electron chi connectivity index (χ1n) is 8.30. The number of aliphatic imine (C=N–C) groups is 1. The Balaban J connectivity index is 2.14. The summed E-state index contributed by atoms with van der Waals surface area (Å²) in [6.07, 6.45) is 0.0361. The zero-order valence-corrected chi connectivity index (χ0v) is 15.8. The first-order chi connectivity index (χ1) is 12.8. The van der Waals surface area contributed by atoms with Gasteiger partial charge in [-0.1, -0.05) is 0 Å². The van der Waals surface area contributed by atoms with E-state index in [2.05, 4.69) is 4.99 Å². The Kier molecular flexibility index (Phi) is 4.77. The van der Waals surface area contributed by atoms with Crippen LogP contribution in [-0.4, -0.2) is 68.9 Å². The molecule has 4 amide bonds. The highest BCUT2D eigenvalue weighted by Gasteiger charge is 2.48. The fourth-order valence-corrected chi connectivity index (χ4v) is 3.55. The molecule has 144 valence electrons. The van der Waals surface area contributed by atoms with E-state index in [1.54, 1.807) is 12.1 Å².